The van der Waals surface area contributed by atoms with Gasteiger partial charge in [0.25, 0.3) is 0 Å². The van der Waals surface area contributed by atoms with Gasteiger partial charge in [-0.25, -0.2) is 4.98 Å². The largest absolute Gasteiger partial charge is 0.356 e. The number of rotatable bonds is 2. The Labute approximate surface area is 109 Å². The number of aryl methyl sites for hydroxylation is 2. The quantitative estimate of drug-likeness (QED) is 0.744. The summed E-state index contributed by atoms with van der Waals surface area (Å²) in [7, 11) is 0. The van der Waals surface area contributed by atoms with Gasteiger partial charge in [0.05, 0.1) is 5.88 Å². The molecule has 94 valence electrons. The molecule has 2 nitrogen and oxygen atoms in total. The summed E-state index contributed by atoms with van der Waals surface area (Å²) < 4.78 is 0. The van der Waals surface area contributed by atoms with Crippen LogP contribution < -0.4 is 4.90 Å². The van der Waals surface area contributed by atoms with Gasteiger partial charge in [-0.3, -0.25) is 0 Å². The number of hydrogen-bond donors (Lipinski definition) is 0. The van der Waals surface area contributed by atoms with Gasteiger partial charge in [0.2, 0.25) is 0 Å². The van der Waals surface area contributed by atoms with Crippen LogP contribution in [-0.2, 0) is 5.88 Å². The normalized spacial score (nSPS) is 17.0. The molecule has 0 aromatic carbocycles. The lowest BCUT2D eigenvalue weighted by Gasteiger charge is -2.25. The Morgan fingerprint density at radius 1 is 1.18 bits per heavy atom. The first kappa shape index (κ1) is 12.7. The molecule has 0 bridgehead atoms. The van der Waals surface area contributed by atoms with Crippen LogP contribution in [0.5, 0.6) is 0 Å². The van der Waals surface area contributed by atoms with Gasteiger partial charge in [-0.1, -0.05) is 12.8 Å². The van der Waals surface area contributed by atoms with Crippen LogP contribution in [0.15, 0.2) is 6.07 Å². The van der Waals surface area contributed by atoms with E-state index in [4.69, 9.17) is 16.6 Å². The van der Waals surface area contributed by atoms with Crippen molar-refractivity contribution in [2.75, 3.05) is 18.0 Å². The maximum atomic E-state index is 6.08. The Morgan fingerprint density at radius 3 is 2.41 bits per heavy atom. The number of pyridine rings is 1. The third-order valence-corrected chi connectivity index (χ3v) is 3.76. The van der Waals surface area contributed by atoms with Crippen molar-refractivity contribution in [1.82, 2.24) is 4.98 Å². The lowest BCUT2D eigenvalue weighted by molar-refractivity contribution is 0.726. The molecule has 0 unspecified atom stereocenters. The van der Waals surface area contributed by atoms with Crippen molar-refractivity contribution < 1.29 is 0 Å². The Kier molecular flexibility index (Phi) is 4.27. The Morgan fingerprint density at radius 2 is 1.82 bits per heavy atom. The summed E-state index contributed by atoms with van der Waals surface area (Å²) in [4.78, 5) is 7.13. The molecule has 0 atom stereocenters. The fourth-order valence-corrected chi connectivity index (χ4v) is 2.88. The second-order valence-electron chi connectivity index (χ2n) is 4.92. The third-order valence-electron chi connectivity index (χ3n) is 3.49. The van der Waals surface area contributed by atoms with Gasteiger partial charge in [-0.05, 0) is 38.3 Å². The highest BCUT2D eigenvalue weighted by Gasteiger charge is 2.16. The molecule has 0 amide bonds. The number of alkyl halides is 1. The maximum Gasteiger partial charge on any atom is 0.133 e. The second kappa shape index (κ2) is 5.72. The molecule has 0 radical (unpaired) electrons. The van der Waals surface area contributed by atoms with Crippen LogP contribution >= 0.6 is 11.6 Å². The highest BCUT2D eigenvalue weighted by molar-refractivity contribution is 6.17. The van der Waals surface area contributed by atoms with Gasteiger partial charge in [-0.2, -0.15) is 0 Å². The number of nitrogens with zero attached hydrogens (tertiary/aromatic N) is 2. The first-order chi connectivity index (χ1) is 8.22. The van der Waals surface area contributed by atoms with Crippen molar-refractivity contribution in [2.45, 2.75) is 45.4 Å². The van der Waals surface area contributed by atoms with E-state index < -0.39 is 0 Å². The van der Waals surface area contributed by atoms with E-state index in [-0.39, 0.29) is 0 Å². The molecule has 1 fully saturated rings. The van der Waals surface area contributed by atoms with Gasteiger partial charge in [0.1, 0.15) is 5.82 Å². The zero-order valence-electron chi connectivity index (χ0n) is 10.8. The monoisotopic (exact) mass is 252 g/mol. The average molecular weight is 253 g/mol. The van der Waals surface area contributed by atoms with E-state index in [1.54, 1.807) is 0 Å². The summed E-state index contributed by atoms with van der Waals surface area (Å²) in [6.07, 6.45) is 5.24. The van der Waals surface area contributed by atoms with Crippen LogP contribution in [-0.4, -0.2) is 18.1 Å². The molecule has 2 heterocycles. The Hall–Kier alpha value is -0.760. The van der Waals surface area contributed by atoms with Crippen LogP contribution in [0.1, 0.15) is 42.5 Å². The van der Waals surface area contributed by atoms with E-state index in [0.29, 0.717) is 5.88 Å². The lowest BCUT2D eigenvalue weighted by Crippen LogP contribution is -2.26. The molecule has 1 aromatic rings. The van der Waals surface area contributed by atoms with Crippen molar-refractivity contribution in [2.24, 2.45) is 0 Å². The molecule has 0 spiro atoms. The number of hydrogen-bond acceptors (Lipinski definition) is 2. The summed E-state index contributed by atoms with van der Waals surface area (Å²) in [5.74, 6) is 1.68. The summed E-state index contributed by atoms with van der Waals surface area (Å²) >= 11 is 6.08. The average Bonchev–Trinajstić information content (AvgIpc) is 2.56. The van der Waals surface area contributed by atoms with Crippen LogP contribution in [0, 0.1) is 13.8 Å². The summed E-state index contributed by atoms with van der Waals surface area (Å²) in [5.41, 5.74) is 3.57. The summed E-state index contributed by atoms with van der Waals surface area (Å²) in [5, 5.41) is 0. The van der Waals surface area contributed by atoms with Crippen molar-refractivity contribution in [3.05, 3.63) is 22.9 Å². The van der Waals surface area contributed by atoms with Gasteiger partial charge < -0.3 is 4.90 Å². The predicted octanol–water partition coefficient (Wildman–Crippen LogP) is 3.82. The minimum atomic E-state index is 0.560. The smallest absolute Gasteiger partial charge is 0.133 e. The number of halogens is 1. The first-order valence-corrected chi connectivity index (χ1v) is 7.04. The molecule has 3 heteroatoms. The van der Waals surface area contributed by atoms with Crippen LogP contribution in [0.3, 0.4) is 0 Å². The highest BCUT2D eigenvalue weighted by Crippen LogP contribution is 2.26. The predicted molar refractivity (Wildman–Crippen MR) is 73.9 cm³/mol. The zero-order chi connectivity index (χ0) is 12.3. The van der Waals surface area contributed by atoms with E-state index in [1.807, 2.05) is 0 Å². The molecule has 0 N–H and O–H groups in total. The van der Waals surface area contributed by atoms with Gasteiger partial charge in [0.15, 0.2) is 0 Å². The Bertz CT molecular complexity index is 382. The zero-order valence-corrected chi connectivity index (χ0v) is 11.6. The maximum absolute atomic E-state index is 6.08. The van der Waals surface area contributed by atoms with Crippen LogP contribution in [0.25, 0.3) is 0 Å². The Balaban J connectivity index is 2.34. The molecular weight excluding hydrogens is 232 g/mol. The minimum Gasteiger partial charge on any atom is -0.356 e. The molecule has 17 heavy (non-hydrogen) atoms. The highest BCUT2D eigenvalue weighted by atomic mass is 35.5. The van der Waals surface area contributed by atoms with Crippen molar-refractivity contribution in [3.63, 3.8) is 0 Å². The molecular formula is C14H21ClN2. The summed E-state index contributed by atoms with van der Waals surface area (Å²) in [6.45, 7) is 6.44. The van der Waals surface area contributed by atoms with Gasteiger partial charge in [-0.15, -0.1) is 11.6 Å². The standard InChI is InChI=1S/C14H21ClN2/c1-11-9-12(2)16-14(13(11)10-15)17-7-5-3-4-6-8-17/h9H,3-8,10H2,1-2H3. The van der Waals surface area contributed by atoms with E-state index >= 15 is 0 Å². The third kappa shape index (κ3) is 2.92. The first-order valence-electron chi connectivity index (χ1n) is 6.50. The van der Waals surface area contributed by atoms with E-state index in [9.17, 15) is 0 Å². The topological polar surface area (TPSA) is 16.1 Å². The molecule has 1 aliphatic rings. The fourth-order valence-electron chi connectivity index (χ4n) is 2.55. The SMILES string of the molecule is Cc1cc(C)c(CCl)c(N2CCCCCC2)n1. The molecule has 0 aliphatic carbocycles. The molecule has 2 rings (SSSR count). The minimum absolute atomic E-state index is 0.560. The van der Waals surface area contributed by atoms with E-state index in [1.165, 1.54) is 36.8 Å². The van der Waals surface area contributed by atoms with Crippen LogP contribution in [0.4, 0.5) is 5.82 Å². The van der Waals surface area contributed by atoms with E-state index in [0.717, 1.165) is 24.6 Å². The fraction of sp³-hybridized carbons (Fsp3) is 0.643. The summed E-state index contributed by atoms with van der Waals surface area (Å²) in [6, 6.07) is 2.12. The van der Waals surface area contributed by atoms with Crippen molar-refractivity contribution >= 4 is 17.4 Å². The van der Waals surface area contributed by atoms with Crippen LogP contribution in [0.2, 0.25) is 0 Å². The lowest BCUT2D eigenvalue weighted by atomic mass is 10.1. The number of aromatic nitrogens is 1. The second-order valence-corrected chi connectivity index (χ2v) is 5.18. The molecule has 1 saturated heterocycles. The number of anilines is 1. The van der Waals surface area contributed by atoms with Gasteiger partial charge >= 0.3 is 0 Å². The molecule has 1 aromatic heterocycles. The van der Waals surface area contributed by atoms with Crippen molar-refractivity contribution in [3.8, 4) is 0 Å². The molecule has 0 saturated carbocycles. The van der Waals surface area contributed by atoms with E-state index in [2.05, 4.69) is 24.8 Å². The van der Waals surface area contributed by atoms with Gasteiger partial charge in [0, 0.05) is 24.3 Å². The van der Waals surface area contributed by atoms with Crippen molar-refractivity contribution in [1.29, 1.82) is 0 Å². The molecule has 1 aliphatic heterocycles.